The van der Waals surface area contributed by atoms with E-state index in [1.54, 1.807) is 12.1 Å². The number of phenolic OH excluding ortho intramolecular Hbond substituents is 1. The molecule has 1 aromatic heterocycles. The zero-order chi connectivity index (χ0) is 10.7. The minimum absolute atomic E-state index is 0.268. The zero-order valence-corrected chi connectivity index (χ0v) is 8.75. The van der Waals surface area contributed by atoms with Crippen molar-refractivity contribution < 1.29 is 5.11 Å². The molecule has 0 amide bonds. The van der Waals surface area contributed by atoms with Gasteiger partial charge < -0.3 is 15.4 Å². The van der Waals surface area contributed by atoms with Crippen LogP contribution in [0.25, 0.3) is 11.0 Å². The molecule has 4 nitrogen and oxygen atoms in total. The summed E-state index contributed by atoms with van der Waals surface area (Å²) in [6.07, 6.45) is 0.878. The summed E-state index contributed by atoms with van der Waals surface area (Å²) >= 11 is 0. The van der Waals surface area contributed by atoms with E-state index < -0.39 is 0 Å². The first-order chi connectivity index (χ1) is 7.29. The molecule has 0 bridgehead atoms. The summed E-state index contributed by atoms with van der Waals surface area (Å²) in [5, 5.41) is 12.5. The molecule has 0 spiro atoms. The number of hydrogen-bond acceptors (Lipinski definition) is 3. The van der Waals surface area contributed by atoms with Crippen LogP contribution in [0.4, 0.5) is 0 Å². The van der Waals surface area contributed by atoms with E-state index in [0.29, 0.717) is 0 Å². The number of benzene rings is 1. The third-order valence-electron chi connectivity index (χ3n) is 2.30. The number of likely N-dealkylation sites (N-methyl/N-ethyl adjacent to an activating group) is 1. The molecule has 0 atom stereocenters. The molecule has 0 aliphatic heterocycles. The van der Waals surface area contributed by atoms with Gasteiger partial charge in [-0.25, -0.2) is 4.98 Å². The van der Waals surface area contributed by atoms with Gasteiger partial charge in [-0.15, -0.1) is 0 Å². The Hall–Kier alpha value is -1.55. The van der Waals surface area contributed by atoms with Crippen LogP contribution in [0.2, 0.25) is 0 Å². The van der Waals surface area contributed by atoms with E-state index in [1.807, 2.05) is 6.07 Å². The van der Waals surface area contributed by atoms with E-state index in [4.69, 9.17) is 0 Å². The van der Waals surface area contributed by atoms with Crippen LogP contribution in [0.1, 0.15) is 12.7 Å². The molecule has 2 rings (SSSR count). The van der Waals surface area contributed by atoms with E-state index in [0.717, 1.165) is 36.4 Å². The molecule has 0 saturated carbocycles. The number of aromatic hydroxyl groups is 1. The number of H-pyrrole nitrogens is 1. The van der Waals surface area contributed by atoms with Gasteiger partial charge in [-0.3, -0.25) is 0 Å². The highest BCUT2D eigenvalue weighted by atomic mass is 16.3. The number of hydrogen-bond donors (Lipinski definition) is 3. The number of aromatic amines is 1. The van der Waals surface area contributed by atoms with Gasteiger partial charge in [0.1, 0.15) is 11.6 Å². The van der Waals surface area contributed by atoms with E-state index in [9.17, 15) is 5.11 Å². The van der Waals surface area contributed by atoms with Crippen molar-refractivity contribution in [1.29, 1.82) is 0 Å². The van der Waals surface area contributed by atoms with Crippen LogP contribution in [0.15, 0.2) is 18.2 Å². The molecule has 3 N–H and O–H groups in total. The SMILES string of the molecule is CCNCCc1nc2ccc(O)cc2[nH]1. The lowest BCUT2D eigenvalue weighted by Gasteiger charge is -1.96. The van der Waals surface area contributed by atoms with Gasteiger partial charge in [0, 0.05) is 19.0 Å². The van der Waals surface area contributed by atoms with Crippen molar-refractivity contribution in [2.24, 2.45) is 0 Å². The minimum atomic E-state index is 0.268. The molecular weight excluding hydrogens is 190 g/mol. The van der Waals surface area contributed by atoms with Gasteiger partial charge in [0.05, 0.1) is 11.0 Å². The van der Waals surface area contributed by atoms with Crippen molar-refractivity contribution in [1.82, 2.24) is 15.3 Å². The maximum absolute atomic E-state index is 9.29. The van der Waals surface area contributed by atoms with Gasteiger partial charge >= 0.3 is 0 Å². The Kier molecular flexibility index (Phi) is 2.87. The zero-order valence-electron chi connectivity index (χ0n) is 8.75. The molecule has 4 heteroatoms. The van der Waals surface area contributed by atoms with E-state index in [1.165, 1.54) is 0 Å². The number of fused-ring (bicyclic) bond motifs is 1. The van der Waals surface area contributed by atoms with Crippen molar-refractivity contribution in [3.05, 3.63) is 24.0 Å². The third-order valence-corrected chi connectivity index (χ3v) is 2.30. The quantitative estimate of drug-likeness (QED) is 0.661. The molecule has 1 heterocycles. The van der Waals surface area contributed by atoms with Crippen molar-refractivity contribution >= 4 is 11.0 Å². The second-order valence-corrected chi connectivity index (χ2v) is 3.49. The van der Waals surface area contributed by atoms with Crippen molar-refractivity contribution in [3.63, 3.8) is 0 Å². The van der Waals surface area contributed by atoms with Gasteiger partial charge in [-0.05, 0) is 18.7 Å². The number of nitrogens with one attached hydrogen (secondary N) is 2. The maximum Gasteiger partial charge on any atom is 0.117 e. The second kappa shape index (κ2) is 4.31. The third kappa shape index (κ3) is 2.27. The Labute approximate surface area is 88.3 Å². The molecule has 0 fully saturated rings. The molecule has 0 aliphatic rings. The Bertz CT molecular complexity index is 450. The van der Waals surface area contributed by atoms with E-state index in [-0.39, 0.29) is 5.75 Å². The predicted molar refractivity (Wildman–Crippen MR) is 60.0 cm³/mol. The molecule has 2 aromatic rings. The van der Waals surface area contributed by atoms with Gasteiger partial charge in [-0.2, -0.15) is 0 Å². The van der Waals surface area contributed by atoms with Crippen LogP contribution in [0.5, 0.6) is 5.75 Å². The van der Waals surface area contributed by atoms with Crippen LogP contribution >= 0.6 is 0 Å². The summed E-state index contributed by atoms with van der Waals surface area (Å²) in [5.74, 6) is 1.22. The van der Waals surface area contributed by atoms with Gasteiger partial charge in [0.15, 0.2) is 0 Å². The Morgan fingerprint density at radius 2 is 2.33 bits per heavy atom. The number of phenols is 1. The first kappa shape index (κ1) is 9.98. The van der Waals surface area contributed by atoms with Crippen LogP contribution in [0.3, 0.4) is 0 Å². The number of aromatic nitrogens is 2. The van der Waals surface area contributed by atoms with Gasteiger partial charge in [-0.1, -0.05) is 6.92 Å². The number of imidazole rings is 1. The fourth-order valence-electron chi connectivity index (χ4n) is 1.55. The number of rotatable bonds is 4. The Morgan fingerprint density at radius 1 is 1.47 bits per heavy atom. The lowest BCUT2D eigenvalue weighted by molar-refractivity contribution is 0.476. The largest absolute Gasteiger partial charge is 0.508 e. The first-order valence-electron chi connectivity index (χ1n) is 5.18. The molecule has 15 heavy (non-hydrogen) atoms. The monoisotopic (exact) mass is 205 g/mol. The normalized spacial score (nSPS) is 11.0. The Balaban J connectivity index is 2.16. The summed E-state index contributed by atoms with van der Waals surface area (Å²) < 4.78 is 0. The van der Waals surface area contributed by atoms with Gasteiger partial charge in [0.2, 0.25) is 0 Å². The topological polar surface area (TPSA) is 60.9 Å². The molecule has 0 unspecified atom stereocenters. The van der Waals surface area contributed by atoms with Crippen molar-refractivity contribution in [3.8, 4) is 5.75 Å². The first-order valence-corrected chi connectivity index (χ1v) is 5.18. The molecule has 0 radical (unpaired) electrons. The standard InChI is InChI=1S/C11H15N3O/c1-2-12-6-5-11-13-9-4-3-8(15)7-10(9)14-11/h3-4,7,12,15H,2,5-6H2,1H3,(H,13,14). The minimum Gasteiger partial charge on any atom is -0.508 e. The van der Waals surface area contributed by atoms with Gasteiger partial charge in [0.25, 0.3) is 0 Å². The summed E-state index contributed by atoms with van der Waals surface area (Å²) in [5.41, 5.74) is 1.79. The van der Waals surface area contributed by atoms with Crippen molar-refractivity contribution in [2.45, 2.75) is 13.3 Å². The molecule has 0 aliphatic carbocycles. The van der Waals surface area contributed by atoms with Crippen LogP contribution in [0, 0.1) is 0 Å². The average molecular weight is 205 g/mol. The second-order valence-electron chi connectivity index (χ2n) is 3.49. The lowest BCUT2D eigenvalue weighted by atomic mass is 10.3. The van der Waals surface area contributed by atoms with E-state index >= 15 is 0 Å². The average Bonchev–Trinajstić information content (AvgIpc) is 2.60. The van der Waals surface area contributed by atoms with E-state index in [2.05, 4.69) is 22.2 Å². The summed E-state index contributed by atoms with van der Waals surface area (Å²) in [6, 6.07) is 5.16. The Morgan fingerprint density at radius 3 is 3.13 bits per heavy atom. The lowest BCUT2D eigenvalue weighted by Crippen LogP contribution is -2.16. The highest BCUT2D eigenvalue weighted by molar-refractivity contribution is 5.76. The predicted octanol–water partition coefficient (Wildman–Crippen LogP) is 1.42. The molecular formula is C11H15N3O. The highest BCUT2D eigenvalue weighted by Crippen LogP contribution is 2.17. The summed E-state index contributed by atoms with van der Waals surface area (Å²) in [7, 11) is 0. The van der Waals surface area contributed by atoms with Crippen LogP contribution < -0.4 is 5.32 Å². The van der Waals surface area contributed by atoms with Crippen LogP contribution in [-0.4, -0.2) is 28.2 Å². The number of nitrogens with zero attached hydrogens (tertiary/aromatic N) is 1. The summed E-state index contributed by atoms with van der Waals surface area (Å²) in [6.45, 7) is 3.97. The van der Waals surface area contributed by atoms with Crippen molar-refractivity contribution in [2.75, 3.05) is 13.1 Å². The maximum atomic E-state index is 9.29. The smallest absolute Gasteiger partial charge is 0.117 e. The summed E-state index contributed by atoms with van der Waals surface area (Å²) in [4.78, 5) is 7.60. The molecule has 80 valence electrons. The molecule has 0 saturated heterocycles. The fourth-order valence-corrected chi connectivity index (χ4v) is 1.55. The molecule has 1 aromatic carbocycles. The fraction of sp³-hybridized carbons (Fsp3) is 0.364. The highest BCUT2D eigenvalue weighted by Gasteiger charge is 2.02. The van der Waals surface area contributed by atoms with Crippen LogP contribution in [-0.2, 0) is 6.42 Å².